The number of piperidine rings is 1. The average molecular weight is 378 g/mol. The van der Waals surface area contributed by atoms with Gasteiger partial charge in [-0.05, 0) is 74.3 Å². The summed E-state index contributed by atoms with van der Waals surface area (Å²) in [6.07, 6.45) is 5.84. The number of hydrogen-bond acceptors (Lipinski definition) is 4. The largest absolute Gasteiger partial charge is 0.598 e. The van der Waals surface area contributed by atoms with E-state index in [4.69, 9.17) is 0 Å². The van der Waals surface area contributed by atoms with E-state index in [0.717, 1.165) is 51.4 Å². The van der Waals surface area contributed by atoms with Crippen LogP contribution in [0.4, 0.5) is 0 Å². The monoisotopic (exact) mass is 377 g/mol. The van der Waals surface area contributed by atoms with E-state index in [0.29, 0.717) is 13.1 Å². The molecule has 0 saturated carbocycles. The van der Waals surface area contributed by atoms with Crippen LogP contribution in [0.1, 0.15) is 30.4 Å². The molecule has 2 fully saturated rings. The summed E-state index contributed by atoms with van der Waals surface area (Å²) < 4.78 is 26.5. The normalized spacial score (nSPS) is 29.2. The average Bonchev–Trinajstić information content (AvgIpc) is 3.04. The van der Waals surface area contributed by atoms with Gasteiger partial charge in [0.25, 0.3) is 0 Å². The van der Waals surface area contributed by atoms with E-state index in [1.54, 1.807) is 4.31 Å². The quantitative estimate of drug-likeness (QED) is 0.818. The maximum Gasteiger partial charge on any atom is 0.122 e. The Bertz CT molecular complexity index is 675. The Morgan fingerprint density at radius 3 is 2.65 bits per heavy atom. The van der Waals surface area contributed by atoms with Gasteiger partial charge in [-0.3, -0.25) is 0 Å². The van der Waals surface area contributed by atoms with Crippen molar-refractivity contribution in [1.29, 1.82) is 0 Å². The first-order valence-electron chi connectivity index (χ1n) is 9.89. The Labute approximate surface area is 158 Å². The van der Waals surface area contributed by atoms with Crippen LogP contribution in [0.15, 0.2) is 24.3 Å². The number of hydrogen-bond donors (Lipinski definition) is 1. The summed E-state index contributed by atoms with van der Waals surface area (Å²) in [5.74, 6) is 0.784. The van der Waals surface area contributed by atoms with Crippen LogP contribution in [0.2, 0.25) is 0 Å². The molecule has 0 aliphatic carbocycles. The van der Waals surface area contributed by atoms with Gasteiger partial charge < -0.3 is 14.8 Å². The van der Waals surface area contributed by atoms with Gasteiger partial charge in [-0.1, -0.05) is 28.5 Å². The molecular weight excluding hydrogens is 346 g/mol. The van der Waals surface area contributed by atoms with Crippen LogP contribution in [0.25, 0.3) is 0 Å². The molecule has 4 rings (SSSR count). The fourth-order valence-corrected chi connectivity index (χ4v) is 5.86. The highest BCUT2D eigenvalue weighted by Crippen LogP contribution is 2.40. The van der Waals surface area contributed by atoms with Crippen molar-refractivity contribution in [2.45, 2.75) is 32.2 Å². The predicted molar refractivity (Wildman–Crippen MR) is 104 cm³/mol. The third-order valence-corrected chi connectivity index (χ3v) is 7.80. The molecule has 144 valence electrons. The Morgan fingerprint density at radius 1 is 1.27 bits per heavy atom. The summed E-state index contributed by atoms with van der Waals surface area (Å²) in [6.45, 7) is 6.87. The molecule has 0 bridgehead atoms. The van der Waals surface area contributed by atoms with E-state index < -0.39 is 10.4 Å². The minimum absolute atomic E-state index is 0.0834. The van der Waals surface area contributed by atoms with Crippen LogP contribution in [0.5, 0.6) is 0 Å². The molecule has 0 amide bonds. The van der Waals surface area contributed by atoms with E-state index in [1.807, 2.05) is 6.07 Å². The number of nitrogens with zero attached hydrogens (tertiary/aromatic N) is 2. The summed E-state index contributed by atoms with van der Waals surface area (Å²) in [4.78, 5) is 2.60. The van der Waals surface area contributed by atoms with Crippen molar-refractivity contribution in [2.75, 3.05) is 45.5 Å². The second kappa shape index (κ2) is 7.32. The minimum Gasteiger partial charge on any atom is -0.598 e. The molecule has 2 atom stereocenters. The van der Waals surface area contributed by atoms with Gasteiger partial charge in [0, 0.05) is 6.54 Å². The zero-order valence-corrected chi connectivity index (χ0v) is 16.6. The predicted octanol–water partition coefficient (Wildman–Crippen LogP) is 1.91. The Hall–Kier alpha value is -0.790. The van der Waals surface area contributed by atoms with Gasteiger partial charge >= 0.3 is 0 Å². The highest BCUT2D eigenvalue weighted by Gasteiger charge is 2.42. The molecule has 1 N–H and O–H groups in total. The number of benzene rings is 1. The lowest BCUT2D eigenvalue weighted by atomic mass is 9.73. The van der Waals surface area contributed by atoms with E-state index in [9.17, 15) is 8.76 Å². The van der Waals surface area contributed by atoms with Gasteiger partial charge in [0.2, 0.25) is 0 Å². The van der Waals surface area contributed by atoms with Gasteiger partial charge in [0.1, 0.15) is 16.7 Å². The molecular formula is C20H31N3O2S. The lowest BCUT2D eigenvalue weighted by Crippen LogP contribution is -2.49. The molecule has 2 unspecified atom stereocenters. The summed E-state index contributed by atoms with van der Waals surface area (Å²) >= 11 is 0. The molecule has 0 radical (unpaired) electrons. The number of likely N-dealkylation sites (tertiary alicyclic amines) is 1. The molecule has 1 spiro atoms. The van der Waals surface area contributed by atoms with E-state index >= 15 is 0 Å². The molecule has 0 aromatic heterocycles. The van der Waals surface area contributed by atoms with Crippen LogP contribution >= 0.6 is 0 Å². The highest BCUT2D eigenvalue weighted by atomic mass is 32.3. The summed E-state index contributed by atoms with van der Waals surface area (Å²) in [5, 5.41) is 3.46. The number of sulfonamides is 1. The van der Waals surface area contributed by atoms with Crippen molar-refractivity contribution >= 4 is 10.4 Å². The molecule has 5 nitrogen and oxygen atoms in total. The maximum absolute atomic E-state index is 12.4. The molecule has 6 heteroatoms. The summed E-state index contributed by atoms with van der Waals surface area (Å²) in [6, 6.07) is 8.40. The standard InChI is InChI=1S/C20H31N3O2S/c1-26(24,25)23-15-19-5-3-2-4-18(19)12-20(16-23)7-10-22(11-8-20)14-17-6-9-21-13-17/h2-5,17,21H,6-16H2,1H3. The first-order valence-corrected chi connectivity index (χ1v) is 11.7. The van der Waals surface area contributed by atoms with E-state index in [1.165, 1.54) is 30.3 Å². The molecule has 3 aliphatic heterocycles. The van der Waals surface area contributed by atoms with Gasteiger partial charge in [-0.15, -0.1) is 4.31 Å². The topological polar surface area (TPSA) is 58.6 Å². The molecule has 3 aliphatic rings. The van der Waals surface area contributed by atoms with Crippen LogP contribution in [0.3, 0.4) is 0 Å². The second-order valence-corrected chi connectivity index (χ2v) is 10.6. The van der Waals surface area contributed by atoms with Crippen molar-refractivity contribution in [1.82, 2.24) is 14.5 Å². The van der Waals surface area contributed by atoms with Crippen molar-refractivity contribution < 1.29 is 8.76 Å². The van der Waals surface area contributed by atoms with Crippen molar-refractivity contribution in [3.63, 3.8) is 0 Å². The lowest BCUT2D eigenvalue weighted by Gasteiger charge is -2.43. The van der Waals surface area contributed by atoms with Crippen LogP contribution < -0.4 is 5.32 Å². The third kappa shape index (κ3) is 4.04. The summed E-state index contributed by atoms with van der Waals surface area (Å²) in [5.41, 5.74) is 2.60. The van der Waals surface area contributed by atoms with Crippen molar-refractivity contribution in [3.8, 4) is 0 Å². The number of fused-ring (bicyclic) bond motifs is 1. The zero-order valence-electron chi connectivity index (χ0n) is 15.8. The van der Waals surface area contributed by atoms with Crippen LogP contribution in [-0.2, 0) is 27.6 Å². The lowest BCUT2D eigenvalue weighted by molar-refractivity contribution is 0.0769. The number of nitrogens with one attached hydrogen (secondary N) is 1. The van der Waals surface area contributed by atoms with Crippen molar-refractivity contribution in [3.05, 3.63) is 35.4 Å². The Morgan fingerprint density at radius 2 is 2.00 bits per heavy atom. The van der Waals surface area contributed by atoms with Crippen LogP contribution in [0, 0.1) is 11.3 Å². The molecule has 2 saturated heterocycles. The van der Waals surface area contributed by atoms with Crippen molar-refractivity contribution in [2.24, 2.45) is 11.3 Å². The fraction of sp³-hybridized carbons (Fsp3) is 0.700. The number of rotatable bonds is 3. The van der Waals surface area contributed by atoms with E-state index in [-0.39, 0.29) is 5.41 Å². The second-order valence-electron chi connectivity index (χ2n) is 8.64. The SMILES string of the molecule is C[S+](=O)([O-])N1Cc2ccccc2CC2(CCN(CC3CCNC3)CC2)C1. The molecule has 26 heavy (non-hydrogen) atoms. The molecule has 3 heterocycles. The first-order chi connectivity index (χ1) is 12.4. The smallest absolute Gasteiger partial charge is 0.122 e. The molecule has 1 aromatic carbocycles. The first kappa shape index (κ1) is 18.6. The highest BCUT2D eigenvalue weighted by molar-refractivity contribution is 7.94. The zero-order chi connectivity index (χ0) is 18.2. The van der Waals surface area contributed by atoms with E-state index in [2.05, 4.69) is 28.4 Å². The van der Waals surface area contributed by atoms with Gasteiger partial charge in [0.15, 0.2) is 0 Å². The molecule has 1 aromatic rings. The van der Waals surface area contributed by atoms with Gasteiger partial charge in [-0.25, -0.2) is 0 Å². The van der Waals surface area contributed by atoms with Gasteiger partial charge in [0.05, 0.1) is 13.1 Å². The maximum atomic E-state index is 12.4. The fourth-order valence-electron chi connectivity index (χ4n) is 4.98. The Kier molecular flexibility index (Phi) is 5.23. The minimum atomic E-state index is -3.19. The Balaban J connectivity index is 1.50. The summed E-state index contributed by atoms with van der Waals surface area (Å²) in [7, 11) is -3.19. The van der Waals surface area contributed by atoms with Crippen LogP contribution in [-0.4, -0.2) is 59.3 Å². The van der Waals surface area contributed by atoms with Gasteiger partial charge in [-0.2, -0.15) is 0 Å². The third-order valence-electron chi connectivity index (χ3n) is 6.61.